The smallest absolute Gasteiger partial charge is 0.257 e. The maximum atomic E-state index is 12.2. The van der Waals surface area contributed by atoms with Crippen LogP contribution >= 0.6 is 0 Å². The van der Waals surface area contributed by atoms with Crippen molar-refractivity contribution >= 4 is 5.91 Å². The van der Waals surface area contributed by atoms with E-state index in [0.29, 0.717) is 18.1 Å². The summed E-state index contributed by atoms with van der Waals surface area (Å²) in [7, 11) is 0. The van der Waals surface area contributed by atoms with E-state index in [2.05, 4.69) is 0 Å². The van der Waals surface area contributed by atoms with Gasteiger partial charge in [0.25, 0.3) is 5.91 Å². The summed E-state index contributed by atoms with van der Waals surface area (Å²) >= 11 is 0. The van der Waals surface area contributed by atoms with Gasteiger partial charge in [-0.2, -0.15) is 0 Å². The van der Waals surface area contributed by atoms with Crippen molar-refractivity contribution < 1.29 is 13.9 Å². The van der Waals surface area contributed by atoms with Crippen LogP contribution in [0.15, 0.2) is 53.3 Å². The molecule has 0 N–H and O–H groups in total. The van der Waals surface area contributed by atoms with Crippen LogP contribution in [0.3, 0.4) is 0 Å². The van der Waals surface area contributed by atoms with Gasteiger partial charge < -0.3 is 14.1 Å². The molecule has 2 heterocycles. The number of benzene rings is 1. The SMILES string of the molecule is O=C(c1ccoc1)N1CCC(CCOc2ccccc2)C1. The topological polar surface area (TPSA) is 42.7 Å². The third kappa shape index (κ3) is 3.45. The third-order valence-corrected chi connectivity index (χ3v) is 3.88. The van der Waals surface area contributed by atoms with Crippen LogP contribution in [0, 0.1) is 5.92 Å². The molecule has 1 saturated heterocycles. The number of rotatable bonds is 5. The molecule has 4 heteroatoms. The summed E-state index contributed by atoms with van der Waals surface area (Å²) in [6, 6.07) is 11.6. The molecule has 1 aliphatic heterocycles. The minimum absolute atomic E-state index is 0.0650. The molecule has 21 heavy (non-hydrogen) atoms. The molecule has 1 fully saturated rings. The molecular formula is C17H19NO3. The summed E-state index contributed by atoms with van der Waals surface area (Å²) in [5.74, 6) is 1.49. The van der Waals surface area contributed by atoms with E-state index in [9.17, 15) is 4.79 Å². The van der Waals surface area contributed by atoms with Gasteiger partial charge in [0.15, 0.2) is 0 Å². The second kappa shape index (κ2) is 6.48. The van der Waals surface area contributed by atoms with Gasteiger partial charge in [-0.3, -0.25) is 4.79 Å². The predicted octanol–water partition coefficient (Wildman–Crippen LogP) is 3.21. The van der Waals surface area contributed by atoms with Crippen molar-refractivity contribution in [3.05, 3.63) is 54.5 Å². The molecule has 1 aromatic heterocycles. The van der Waals surface area contributed by atoms with E-state index < -0.39 is 0 Å². The van der Waals surface area contributed by atoms with Crippen molar-refractivity contribution in [1.29, 1.82) is 0 Å². The third-order valence-electron chi connectivity index (χ3n) is 3.88. The predicted molar refractivity (Wildman–Crippen MR) is 79.3 cm³/mol. The summed E-state index contributed by atoms with van der Waals surface area (Å²) < 4.78 is 10.7. The van der Waals surface area contributed by atoms with Gasteiger partial charge >= 0.3 is 0 Å². The minimum Gasteiger partial charge on any atom is -0.494 e. The molecular weight excluding hydrogens is 266 g/mol. The molecule has 0 aliphatic carbocycles. The fourth-order valence-corrected chi connectivity index (χ4v) is 2.68. The first-order valence-corrected chi connectivity index (χ1v) is 7.32. The molecule has 1 aliphatic rings. The molecule has 1 unspecified atom stereocenters. The van der Waals surface area contributed by atoms with Crippen molar-refractivity contribution in [2.24, 2.45) is 5.92 Å². The number of nitrogens with zero attached hydrogens (tertiary/aromatic N) is 1. The highest BCUT2D eigenvalue weighted by atomic mass is 16.5. The number of para-hydroxylation sites is 1. The zero-order valence-electron chi connectivity index (χ0n) is 11.9. The van der Waals surface area contributed by atoms with E-state index in [1.807, 2.05) is 35.2 Å². The van der Waals surface area contributed by atoms with Crippen molar-refractivity contribution in [2.45, 2.75) is 12.8 Å². The lowest BCUT2D eigenvalue weighted by molar-refractivity contribution is 0.0784. The summed E-state index contributed by atoms with van der Waals surface area (Å²) in [6.07, 6.45) is 5.06. The number of likely N-dealkylation sites (tertiary alicyclic amines) is 1. The van der Waals surface area contributed by atoms with Gasteiger partial charge in [-0.25, -0.2) is 0 Å². The Morgan fingerprint density at radius 1 is 1.29 bits per heavy atom. The monoisotopic (exact) mass is 285 g/mol. The fraction of sp³-hybridized carbons (Fsp3) is 0.353. The maximum Gasteiger partial charge on any atom is 0.257 e. The molecule has 2 aromatic rings. The van der Waals surface area contributed by atoms with E-state index in [-0.39, 0.29) is 5.91 Å². The Bertz CT molecular complexity index is 565. The van der Waals surface area contributed by atoms with Crippen molar-refractivity contribution in [1.82, 2.24) is 4.90 Å². The number of furan rings is 1. The normalized spacial score (nSPS) is 17.9. The molecule has 0 radical (unpaired) electrons. The lowest BCUT2D eigenvalue weighted by Crippen LogP contribution is -2.28. The molecule has 1 atom stereocenters. The molecule has 1 amide bonds. The van der Waals surface area contributed by atoms with Gasteiger partial charge in [0.1, 0.15) is 12.0 Å². The quantitative estimate of drug-likeness (QED) is 0.847. The van der Waals surface area contributed by atoms with Crippen molar-refractivity contribution in [3.63, 3.8) is 0 Å². The first-order chi connectivity index (χ1) is 10.3. The van der Waals surface area contributed by atoms with Gasteiger partial charge in [-0.15, -0.1) is 0 Å². The molecule has 0 spiro atoms. The highest BCUT2D eigenvalue weighted by molar-refractivity contribution is 5.93. The maximum absolute atomic E-state index is 12.2. The van der Waals surface area contributed by atoms with Crippen LogP contribution in [0.1, 0.15) is 23.2 Å². The molecule has 110 valence electrons. The Labute approximate surface area is 124 Å². The number of ether oxygens (including phenoxy) is 1. The zero-order valence-corrected chi connectivity index (χ0v) is 11.9. The highest BCUT2D eigenvalue weighted by Crippen LogP contribution is 2.22. The number of carbonyl (C=O) groups is 1. The lowest BCUT2D eigenvalue weighted by atomic mass is 10.1. The minimum atomic E-state index is 0.0650. The van der Waals surface area contributed by atoms with Crippen LogP contribution in [0.5, 0.6) is 5.75 Å². The first-order valence-electron chi connectivity index (χ1n) is 7.32. The van der Waals surface area contributed by atoms with Crippen LogP contribution in [-0.2, 0) is 0 Å². The van der Waals surface area contributed by atoms with Crippen molar-refractivity contribution in [2.75, 3.05) is 19.7 Å². The first kappa shape index (κ1) is 13.7. The molecule has 0 saturated carbocycles. The van der Waals surface area contributed by atoms with E-state index in [1.54, 1.807) is 6.07 Å². The zero-order chi connectivity index (χ0) is 14.5. The Kier molecular flexibility index (Phi) is 4.24. The van der Waals surface area contributed by atoms with Crippen LogP contribution in [0.25, 0.3) is 0 Å². The van der Waals surface area contributed by atoms with E-state index in [1.165, 1.54) is 12.5 Å². The van der Waals surface area contributed by atoms with Gasteiger partial charge in [-0.1, -0.05) is 18.2 Å². The molecule has 3 rings (SSSR count). The fourth-order valence-electron chi connectivity index (χ4n) is 2.68. The molecule has 1 aromatic carbocycles. The Morgan fingerprint density at radius 3 is 2.90 bits per heavy atom. The number of carbonyl (C=O) groups excluding carboxylic acids is 1. The van der Waals surface area contributed by atoms with E-state index in [4.69, 9.17) is 9.15 Å². The highest BCUT2D eigenvalue weighted by Gasteiger charge is 2.27. The summed E-state index contributed by atoms with van der Waals surface area (Å²) in [4.78, 5) is 14.1. The average Bonchev–Trinajstić information content (AvgIpc) is 3.19. The second-order valence-corrected chi connectivity index (χ2v) is 5.37. The van der Waals surface area contributed by atoms with Crippen LogP contribution in [0.4, 0.5) is 0 Å². The van der Waals surface area contributed by atoms with E-state index >= 15 is 0 Å². The second-order valence-electron chi connectivity index (χ2n) is 5.37. The average molecular weight is 285 g/mol. The summed E-state index contributed by atoms with van der Waals surface area (Å²) in [5, 5.41) is 0. The lowest BCUT2D eigenvalue weighted by Gasteiger charge is -2.15. The number of hydrogen-bond acceptors (Lipinski definition) is 3. The summed E-state index contributed by atoms with van der Waals surface area (Å²) in [5.41, 5.74) is 0.635. The van der Waals surface area contributed by atoms with Crippen molar-refractivity contribution in [3.8, 4) is 5.75 Å². The van der Waals surface area contributed by atoms with Crippen LogP contribution in [0.2, 0.25) is 0 Å². The standard InChI is InChI=1S/C17H19NO3/c19-17(15-8-10-20-13-15)18-9-6-14(12-18)7-11-21-16-4-2-1-3-5-16/h1-5,8,10,13-14H,6-7,9,11-12H2. The van der Waals surface area contributed by atoms with E-state index in [0.717, 1.165) is 31.7 Å². The van der Waals surface area contributed by atoms with Gasteiger partial charge in [0.05, 0.1) is 18.4 Å². The molecule has 4 nitrogen and oxygen atoms in total. The Morgan fingerprint density at radius 2 is 2.14 bits per heavy atom. The van der Waals surface area contributed by atoms with Gasteiger partial charge in [-0.05, 0) is 37.0 Å². The van der Waals surface area contributed by atoms with Crippen LogP contribution < -0.4 is 4.74 Å². The number of hydrogen-bond donors (Lipinski definition) is 0. The Balaban J connectivity index is 1.44. The van der Waals surface area contributed by atoms with Gasteiger partial charge in [0, 0.05) is 13.1 Å². The Hall–Kier alpha value is -2.23. The largest absolute Gasteiger partial charge is 0.494 e. The molecule has 0 bridgehead atoms. The summed E-state index contributed by atoms with van der Waals surface area (Å²) in [6.45, 7) is 2.32. The van der Waals surface area contributed by atoms with Gasteiger partial charge in [0.2, 0.25) is 0 Å². The van der Waals surface area contributed by atoms with Crippen LogP contribution in [-0.4, -0.2) is 30.5 Å². The number of amides is 1.